The van der Waals surface area contributed by atoms with Crippen LogP contribution in [0.3, 0.4) is 0 Å². The Bertz CT molecular complexity index is 747. The van der Waals surface area contributed by atoms with E-state index in [0.717, 1.165) is 22.5 Å². The Morgan fingerprint density at radius 1 is 1.20 bits per heavy atom. The van der Waals surface area contributed by atoms with E-state index in [1.54, 1.807) is 4.68 Å². The lowest BCUT2D eigenvalue weighted by Gasteiger charge is -2.05. The highest BCUT2D eigenvalue weighted by molar-refractivity contribution is 7.93. The summed E-state index contributed by atoms with van der Waals surface area (Å²) in [5, 5.41) is 4.79. The highest BCUT2D eigenvalue weighted by Crippen LogP contribution is 2.29. The Kier molecular flexibility index (Phi) is 3.02. The quantitative estimate of drug-likeness (QED) is 0.915. The van der Waals surface area contributed by atoms with Crippen molar-refractivity contribution >= 4 is 21.9 Å². The molecule has 3 rings (SSSR count). The number of benzene rings is 1. The van der Waals surface area contributed by atoms with Crippen LogP contribution >= 0.6 is 0 Å². The van der Waals surface area contributed by atoms with Crippen molar-refractivity contribution in [1.82, 2.24) is 14.5 Å². The molecule has 0 saturated heterocycles. The first-order valence-corrected chi connectivity index (χ1v) is 7.29. The van der Waals surface area contributed by atoms with Crippen molar-refractivity contribution in [3.05, 3.63) is 47.8 Å². The fraction of sp³-hybridized carbons (Fsp3) is 0.143. The van der Waals surface area contributed by atoms with Gasteiger partial charge in [-0.1, -0.05) is 30.3 Å². The number of hydrogen-bond donors (Lipinski definition) is 1. The fourth-order valence-electron chi connectivity index (χ4n) is 2.36. The first-order valence-electron chi connectivity index (χ1n) is 6.14. The number of hydrogen-bond acceptors (Lipinski definition) is 3. The second-order valence-corrected chi connectivity index (χ2v) is 5.70. The molecule has 1 atom stereocenters. The lowest BCUT2D eigenvalue weighted by molar-refractivity contribution is -0.114. The van der Waals surface area contributed by atoms with E-state index in [9.17, 15) is 9.00 Å². The highest BCUT2D eigenvalue weighted by Gasteiger charge is 2.25. The van der Waals surface area contributed by atoms with Gasteiger partial charge in [0.2, 0.25) is 0 Å². The number of carbonyl (C=O) groups is 1. The van der Waals surface area contributed by atoms with E-state index in [0.29, 0.717) is 5.03 Å². The second-order valence-electron chi connectivity index (χ2n) is 4.54. The Hall–Kier alpha value is -2.21. The number of aryl methyl sites for hydroxylation is 1. The van der Waals surface area contributed by atoms with Gasteiger partial charge in [0.25, 0.3) is 5.91 Å². The van der Waals surface area contributed by atoms with Crippen LogP contribution in [-0.4, -0.2) is 19.9 Å². The summed E-state index contributed by atoms with van der Waals surface area (Å²) in [5.41, 5.74) is 3.76. The van der Waals surface area contributed by atoms with E-state index < -0.39 is 11.0 Å². The molecule has 1 aliphatic heterocycles. The van der Waals surface area contributed by atoms with E-state index in [2.05, 4.69) is 9.82 Å². The maximum Gasteiger partial charge on any atom is 0.258 e. The molecule has 1 amide bonds. The van der Waals surface area contributed by atoms with E-state index >= 15 is 0 Å². The molecule has 2 aromatic rings. The zero-order valence-corrected chi connectivity index (χ0v) is 11.9. The molecule has 1 aromatic heterocycles. The summed E-state index contributed by atoms with van der Waals surface area (Å²) >= 11 is 0. The van der Waals surface area contributed by atoms with Gasteiger partial charge in [-0.3, -0.25) is 9.52 Å². The number of aromatic nitrogens is 2. The Balaban J connectivity index is 2.15. The third kappa shape index (κ3) is 1.98. The lowest BCUT2D eigenvalue weighted by Crippen LogP contribution is -2.17. The molecule has 6 heteroatoms. The van der Waals surface area contributed by atoms with Gasteiger partial charge in [-0.05, 0) is 19.4 Å². The third-order valence-corrected chi connectivity index (χ3v) is 4.26. The molecular formula is C14H13N3O2S. The molecule has 0 fully saturated rings. The summed E-state index contributed by atoms with van der Waals surface area (Å²) < 4.78 is 15.8. The molecule has 0 radical (unpaired) electrons. The van der Waals surface area contributed by atoms with Gasteiger partial charge in [-0.25, -0.2) is 8.89 Å². The van der Waals surface area contributed by atoms with Crippen molar-refractivity contribution in [2.75, 3.05) is 0 Å². The van der Waals surface area contributed by atoms with Gasteiger partial charge in [0.1, 0.15) is 0 Å². The predicted molar refractivity (Wildman–Crippen MR) is 77.7 cm³/mol. The fourth-order valence-corrected chi connectivity index (χ4v) is 3.25. The molecule has 1 aromatic carbocycles. The molecule has 102 valence electrons. The largest absolute Gasteiger partial charge is 0.269 e. The van der Waals surface area contributed by atoms with Crippen molar-refractivity contribution < 1.29 is 9.00 Å². The smallest absolute Gasteiger partial charge is 0.258 e. The predicted octanol–water partition coefficient (Wildman–Crippen LogP) is 1.76. The minimum Gasteiger partial charge on any atom is -0.269 e. The van der Waals surface area contributed by atoms with Crippen LogP contribution in [0.5, 0.6) is 0 Å². The first kappa shape index (κ1) is 12.8. The van der Waals surface area contributed by atoms with E-state index in [1.807, 2.05) is 44.2 Å². The molecule has 1 unspecified atom stereocenters. The molecule has 1 aliphatic rings. The summed E-state index contributed by atoms with van der Waals surface area (Å²) in [4.78, 5) is 11.3. The zero-order valence-electron chi connectivity index (χ0n) is 11.1. The highest BCUT2D eigenvalue weighted by atomic mass is 32.2. The summed E-state index contributed by atoms with van der Waals surface area (Å²) in [5.74, 6) is -0.354. The molecular weight excluding hydrogens is 274 g/mol. The molecule has 0 saturated carbocycles. The minimum atomic E-state index is -1.54. The number of carbonyl (C=O) groups excluding carboxylic acids is 1. The molecule has 0 spiro atoms. The summed E-state index contributed by atoms with van der Waals surface area (Å²) in [6, 6.07) is 9.89. The van der Waals surface area contributed by atoms with Crippen LogP contribution in [0.4, 0.5) is 0 Å². The van der Waals surface area contributed by atoms with E-state index in [4.69, 9.17) is 0 Å². The lowest BCUT2D eigenvalue weighted by atomic mass is 10.0. The second kappa shape index (κ2) is 4.72. The minimum absolute atomic E-state index is 0.354. The number of nitrogens with one attached hydrogen (secondary N) is 1. The molecule has 20 heavy (non-hydrogen) atoms. The van der Waals surface area contributed by atoms with E-state index in [-0.39, 0.29) is 5.91 Å². The molecule has 5 nitrogen and oxygen atoms in total. The topological polar surface area (TPSA) is 64.0 Å². The van der Waals surface area contributed by atoms with Gasteiger partial charge in [-0.15, -0.1) is 0 Å². The van der Waals surface area contributed by atoms with Gasteiger partial charge in [0.15, 0.2) is 16.0 Å². The first-order chi connectivity index (χ1) is 9.58. The monoisotopic (exact) mass is 287 g/mol. The van der Waals surface area contributed by atoms with Crippen LogP contribution in [0.25, 0.3) is 16.2 Å². The summed E-state index contributed by atoms with van der Waals surface area (Å²) in [6.07, 6.45) is 1.32. The SMILES string of the molecule is Cc1nn(C2=CC(=O)NS2=O)c(C)c1-c1ccccc1. The van der Waals surface area contributed by atoms with E-state index in [1.165, 1.54) is 6.08 Å². The Morgan fingerprint density at radius 2 is 1.90 bits per heavy atom. The standard InChI is InChI=1S/C14H13N3O2S/c1-9-14(11-6-4-3-5-7-11)10(2)17(15-9)13-8-12(18)16-20(13)19/h3-8H,1-2H3,(H,16,18). The summed E-state index contributed by atoms with van der Waals surface area (Å²) in [6.45, 7) is 3.81. The number of nitrogens with zero attached hydrogens (tertiary/aromatic N) is 2. The van der Waals surface area contributed by atoms with Crippen LogP contribution < -0.4 is 4.72 Å². The van der Waals surface area contributed by atoms with Crippen LogP contribution in [-0.2, 0) is 15.8 Å². The van der Waals surface area contributed by atoms with Crippen molar-refractivity contribution in [2.24, 2.45) is 0 Å². The molecule has 1 N–H and O–H groups in total. The Morgan fingerprint density at radius 3 is 2.50 bits per heavy atom. The van der Waals surface area contributed by atoms with Crippen LogP contribution in [0.2, 0.25) is 0 Å². The van der Waals surface area contributed by atoms with Crippen LogP contribution in [0.1, 0.15) is 11.4 Å². The average Bonchev–Trinajstić information content (AvgIpc) is 2.90. The maximum atomic E-state index is 11.8. The van der Waals surface area contributed by atoms with Gasteiger partial charge in [-0.2, -0.15) is 5.10 Å². The van der Waals surface area contributed by atoms with Crippen LogP contribution in [0, 0.1) is 13.8 Å². The van der Waals surface area contributed by atoms with Crippen molar-refractivity contribution in [1.29, 1.82) is 0 Å². The molecule has 2 heterocycles. The number of amides is 1. The van der Waals surface area contributed by atoms with Gasteiger partial charge in [0, 0.05) is 11.6 Å². The normalized spacial score (nSPS) is 18.0. The van der Waals surface area contributed by atoms with Gasteiger partial charge in [0.05, 0.1) is 11.4 Å². The van der Waals surface area contributed by atoms with Crippen molar-refractivity contribution in [3.63, 3.8) is 0 Å². The number of rotatable bonds is 2. The van der Waals surface area contributed by atoms with Crippen molar-refractivity contribution in [3.8, 4) is 11.1 Å². The molecule has 0 aliphatic carbocycles. The molecule has 0 bridgehead atoms. The maximum absolute atomic E-state index is 11.8. The summed E-state index contributed by atoms with van der Waals surface area (Å²) in [7, 11) is -1.54. The Labute approximate surface area is 118 Å². The zero-order chi connectivity index (χ0) is 14.3. The average molecular weight is 287 g/mol. The third-order valence-electron chi connectivity index (χ3n) is 3.20. The van der Waals surface area contributed by atoms with Crippen LogP contribution in [0.15, 0.2) is 36.4 Å². The van der Waals surface area contributed by atoms with Crippen molar-refractivity contribution in [2.45, 2.75) is 13.8 Å². The van der Waals surface area contributed by atoms with Gasteiger partial charge < -0.3 is 0 Å². The van der Waals surface area contributed by atoms with Gasteiger partial charge >= 0.3 is 0 Å².